The van der Waals surface area contributed by atoms with Crippen LogP contribution in [0.1, 0.15) is 46.5 Å². The minimum Gasteiger partial charge on any atom is -0.315 e. The van der Waals surface area contributed by atoms with Gasteiger partial charge in [0.25, 0.3) is 0 Å². The number of rotatable bonds is 12. The lowest BCUT2D eigenvalue weighted by Crippen LogP contribution is -2.29. The second kappa shape index (κ2) is 11.9. The molecule has 0 radical (unpaired) electrons. The van der Waals surface area contributed by atoms with Gasteiger partial charge >= 0.3 is 0 Å². The normalized spacial score (nSPS) is 13.5. The molecule has 0 aliphatic carbocycles. The van der Waals surface area contributed by atoms with Crippen molar-refractivity contribution in [1.29, 1.82) is 0 Å². The van der Waals surface area contributed by atoms with Crippen LogP contribution in [0.5, 0.6) is 0 Å². The number of hydrogen-bond donors (Lipinski definition) is 1. The fourth-order valence-electron chi connectivity index (χ4n) is 2.28. The van der Waals surface area contributed by atoms with Crippen LogP contribution >= 0.6 is 0 Å². The highest BCUT2D eigenvalue weighted by molar-refractivity contribution is 4.62. The summed E-state index contributed by atoms with van der Waals surface area (Å²) in [5, 5.41) is 3.48. The smallest absolute Gasteiger partial charge is 0.00386 e. The van der Waals surface area contributed by atoms with Gasteiger partial charge in [-0.25, -0.2) is 0 Å². The summed E-state index contributed by atoms with van der Waals surface area (Å²) >= 11 is 0. The zero-order chi connectivity index (χ0) is 13.8. The van der Waals surface area contributed by atoms with Crippen LogP contribution in [0.2, 0.25) is 0 Å². The molecular weight excluding hydrogens is 222 g/mol. The molecule has 0 spiro atoms. The van der Waals surface area contributed by atoms with E-state index in [0.717, 1.165) is 6.54 Å². The molecule has 0 aromatic heterocycles. The molecule has 1 atom stereocenters. The molecule has 110 valence electrons. The Balaban J connectivity index is 3.49. The van der Waals surface area contributed by atoms with E-state index >= 15 is 0 Å². The Kier molecular flexibility index (Phi) is 11.9. The van der Waals surface area contributed by atoms with Gasteiger partial charge in [0, 0.05) is 6.04 Å². The lowest BCUT2D eigenvalue weighted by molar-refractivity contribution is 0.259. The summed E-state index contributed by atoms with van der Waals surface area (Å²) < 4.78 is 0. The first kappa shape index (κ1) is 17.9. The largest absolute Gasteiger partial charge is 0.315 e. The molecule has 0 aromatic rings. The fourth-order valence-corrected chi connectivity index (χ4v) is 2.28. The van der Waals surface area contributed by atoms with E-state index in [9.17, 15) is 0 Å². The van der Waals surface area contributed by atoms with E-state index in [0.29, 0.717) is 6.04 Å². The predicted octanol–water partition coefficient (Wildman–Crippen LogP) is 2.43. The van der Waals surface area contributed by atoms with Crippen molar-refractivity contribution < 1.29 is 0 Å². The lowest BCUT2D eigenvalue weighted by Gasteiger charge is -2.21. The predicted molar refractivity (Wildman–Crippen MR) is 82.3 cm³/mol. The van der Waals surface area contributed by atoms with Gasteiger partial charge in [0.05, 0.1) is 0 Å². The summed E-state index contributed by atoms with van der Waals surface area (Å²) in [5.74, 6) is 0. The van der Waals surface area contributed by atoms with Gasteiger partial charge in [-0.2, -0.15) is 0 Å². The van der Waals surface area contributed by atoms with Crippen molar-refractivity contribution in [3.8, 4) is 0 Å². The van der Waals surface area contributed by atoms with E-state index in [4.69, 9.17) is 0 Å². The molecule has 3 heteroatoms. The highest BCUT2D eigenvalue weighted by Crippen LogP contribution is 2.03. The van der Waals surface area contributed by atoms with Crippen molar-refractivity contribution in [2.45, 2.75) is 52.5 Å². The summed E-state index contributed by atoms with van der Waals surface area (Å²) in [5.41, 5.74) is 0. The first-order chi connectivity index (χ1) is 8.60. The van der Waals surface area contributed by atoms with E-state index in [2.05, 4.69) is 50.0 Å². The van der Waals surface area contributed by atoms with Gasteiger partial charge in [0.15, 0.2) is 0 Å². The first-order valence-electron chi connectivity index (χ1n) is 7.70. The van der Waals surface area contributed by atoms with E-state index in [-0.39, 0.29) is 0 Å². The fraction of sp³-hybridized carbons (Fsp3) is 1.00. The van der Waals surface area contributed by atoms with Crippen LogP contribution in [0.15, 0.2) is 0 Å². The third kappa shape index (κ3) is 11.0. The standard InChI is InChI=1S/C15H35N3/c1-6-16-15(3)11-8-9-13-18(7-2)14-10-12-17(4)5/h15-16H,6-14H2,1-5H3. The van der Waals surface area contributed by atoms with E-state index < -0.39 is 0 Å². The molecule has 0 amide bonds. The molecule has 0 bridgehead atoms. The average molecular weight is 257 g/mol. The van der Waals surface area contributed by atoms with Crippen LogP contribution < -0.4 is 5.32 Å². The van der Waals surface area contributed by atoms with Crippen molar-refractivity contribution in [3.05, 3.63) is 0 Å². The first-order valence-corrected chi connectivity index (χ1v) is 7.70. The quantitative estimate of drug-likeness (QED) is 0.542. The second-order valence-electron chi connectivity index (χ2n) is 5.55. The molecule has 1 N–H and O–H groups in total. The molecule has 0 rings (SSSR count). The van der Waals surface area contributed by atoms with Gasteiger partial charge < -0.3 is 15.1 Å². The molecule has 0 fully saturated rings. The van der Waals surface area contributed by atoms with Crippen LogP contribution in [-0.4, -0.2) is 62.7 Å². The van der Waals surface area contributed by atoms with E-state index in [1.54, 1.807) is 0 Å². The van der Waals surface area contributed by atoms with Gasteiger partial charge in [-0.05, 0) is 73.0 Å². The van der Waals surface area contributed by atoms with Crippen molar-refractivity contribution in [2.24, 2.45) is 0 Å². The van der Waals surface area contributed by atoms with Gasteiger partial charge in [-0.1, -0.05) is 20.3 Å². The second-order valence-corrected chi connectivity index (χ2v) is 5.55. The summed E-state index contributed by atoms with van der Waals surface area (Å²) in [6, 6.07) is 0.679. The zero-order valence-corrected chi connectivity index (χ0v) is 13.3. The van der Waals surface area contributed by atoms with E-state index in [1.807, 2.05) is 0 Å². The minimum absolute atomic E-state index is 0.679. The van der Waals surface area contributed by atoms with Crippen LogP contribution in [0.4, 0.5) is 0 Å². The lowest BCUT2D eigenvalue weighted by atomic mass is 10.1. The molecule has 0 aliphatic heterocycles. The van der Waals surface area contributed by atoms with Crippen molar-refractivity contribution in [3.63, 3.8) is 0 Å². The van der Waals surface area contributed by atoms with Crippen molar-refractivity contribution >= 4 is 0 Å². The Labute approximate surface area is 115 Å². The molecule has 18 heavy (non-hydrogen) atoms. The Morgan fingerprint density at radius 2 is 1.61 bits per heavy atom. The summed E-state index contributed by atoms with van der Waals surface area (Å²) in [6.07, 6.45) is 5.28. The van der Waals surface area contributed by atoms with Gasteiger partial charge in [0.2, 0.25) is 0 Å². The third-order valence-corrected chi connectivity index (χ3v) is 3.44. The maximum atomic E-state index is 3.48. The maximum absolute atomic E-state index is 3.48. The Hall–Kier alpha value is -0.120. The van der Waals surface area contributed by atoms with Crippen molar-refractivity contribution in [2.75, 3.05) is 46.8 Å². The van der Waals surface area contributed by atoms with Crippen molar-refractivity contribution in [1.82, 2.24) is 15.1 Å². The molecule has 0 heterocycles. The van der Waals surface area contributed by atoms with E-state index in [1.165, 1.54) is 51.9 Å². The van der Waals surface area contributed by atoms with Crippen LogP contribution in [-0.2, 0) is 0 Å². The molecule has 1 unspecified atom stereocenters. The highest BCUT2D eigenvalue weighted by Gasteiger charge is 2.04. The molecule has 3 nitrogen and oxygen atoms in total. The summed E-state index contributed by atoms with van der Waals surface area (Å²) in [4.78, 5) is 4.85. The molecular formula is C15H35N3. The highest BCUT2D eigenvalue weighted by atomic mass is 15.1. The Bertz CT molecular complexity index is 171. The van der Waals surface area contributed by atoms with Gasteiger partial charge in [0.1, 0.15) is 0 Å². The van der Waals surface area contributed by atoms with Crippen LogP contribution in [0.25, 0.3) is 0 Å². The minimum atomic E-state index is 0.679. The maximum Gasteiger partial charge on any atom is 0.00386 e. The monoisotopic (exact) mass is 257 g/mol. The number of nitrogens with zero attached hydrogens (tertiary/aromatic N) is 2. The van der Waals surface area contributed by atoms with Gasteiger partial charge in [-0.3, -0.25) is 0 Å². The van der Waals surface area contributed by atoms with Gasteiger partial charge in [-0.15, -0.1) is 0 Å². The average Bonchev–Trinajstić information content (AvgIpc) is 2.32. The number of hydrogen-bond acceptors (Lipinski definition) is 3. The SMILES string of the molecule is CCNC(C)CCCCN(CC)CCCN(C)C. The molecule has 0 aromatic carbocycles. The van der Waals surface area contributed by atoms with Crippen LogP contribution in [0.3, 0.4) is 0 Å². The summed E-state index contributed by atoms with van der Waals surface area (Å²) in [7, 11) is 4.30. The number of unbranched alkanes of at least 4 members (excludes halogenated alkanes) is 1. The molecule has 0 aliphatic rings. The topological polar surface area (TPSA) is 18.5 Å². The Morgan fingerprint density at radius 3 is 2.17 bits per heavy atom. The third-order valence-electron chi connectivity index (χ3n) is 3.44. The Morgan fingerprint density at radius 1 is 0.944 bits per heavy atom. The molecule has 0 saturated carbocycles. The summed E-state index contributed by atoms with van der Waals surface area (Å²) in [6.45, 7) is 12.7. The number of nitrogens with one attached hydrogen (secondary N) is 1. The van der Waals surface area contributed by atoms with Crippen LogP contribution in [0, 0.1) is 0 Å². The molecule has 0 saturated heterocycles. The zero-order valence-electron chi connectivity index (χ0n) is 13.3.